The summed E-state index contributed by atoms with van der Waals surface area (Å²) in [6.07, 6.45) is 0. The fourth-order valence-electron chi connectivity index (χ4n) is 8.58. The van der Waals surface area contributed by atoms with Crippen LogP contribution in [0.15, 0.2) is 217 Å². The Labute approximate surface area is 349 Å². The molecule has 0 saturated heterocycles. The van der Waals surface area contributed by atoms with Gasteiger partial charge >= 0.3 is 0 Å². The van der Waals surface area contributed by atoms with E-state index in [-0.39, 0.29) is 0 Å². The van der Waals surface area contributed by atoms with Crippen molar-refractivity contribution in [3.63, 3.8) is 0 Å². The first-order valence-corrected chi connectivity index (χ1v) is 21.1. The first-order valence-electron chi connectivity index (χ1n) is 19.5. The summed E-state index contributed by atoms with van der Waals surface area (Å²) in [4.78, 5) is 2.41. The maximum Gasteiger partial charge on any atom is 0.0634 e. The first kappa shape index (κ1) is 34.5. The Balaban J connectivity index is 1.18. The van der Waals surface area contributed by atoms with E-state index in [0.717, 1.165) is 38.3 Å². The highest BCUT2D eigenvalue weighted by atomic mass is 79.9. The van der Waals surface area contributed by atoms with Gasteiger partial charge in [0.15, 0.2) is 0 Å². The molecule has 0 atom stereocenters. The lowest BCUT2D eigenvalue weighted by Gasteiger charge is -2.27. The summed E-state index contributed by atoms with van der Waals surface area (Å²) in [5, 5.41) is 5.04. The third kappa shape index (κ3) is 5.92. The van der Waals surface area contributed by atoms with Gasteiger partial charge in [0.2, 0.25) is 0 Å². The normalized spacial score (nSPS) is 11.5. The lowest BCUT2D eigenvalue weighted by Crippen LogP contribution is -2.10. The van der Waals surface area contributed by atoms with E-state index in [1.54, 1.807) is 0 Å². The maximum absolute atomic E-state index is 3.82. The summed E-state index contributed by atoms with van der Waals surface area (Å²) in [6.45, 7) is 0. The van der Waals surface area contributed by atoms with Gasteiger partial charge in [-0.1, -0.05) is 155 Å². The van der Waals surface area contributed by atoms with E-state index >= 15 is 0 Å². The lowest BCUT2D eigenvalue weighted by atomic mass is 10.0. The molecule has 274 valence electrons. The molecule has 58 heavy (non-hydrogen) atoms. The van der Waals surface area contributed by atoms with Crippen molar-refractivity contribution in [1.82, 2.24) is 4.57 Å². The molecular formula is C54H35BrN2S. The number of halogens is 1. The molecule has 0 fully saturated rings. The van der Waals surface area contributed by atoms with E-state index in [4.69, 9.17) is 0 Å². The first-order chi connectivity index (χ1) is 28.7. The van der Waals surface area contributed by atoms with Crippen molar-refractivity contribution in [3.8, 4) is 39.1 Å². The van der Waals surface area contributed by atoms with E-state index in [0.29, 0.717) is 0 Å². The van der Waals surface area contributed by atoms with Crippen LogP contribution in [0.2, 0.25) is 0 Å². The van der Waals surface area contributed by atoms with E-state index < -0.39 is 0 Å². The number of anilines is 3. The average molecular weight is 824 g/mol. The summed E-state index contributed by atoms with van der Waals surface area (Å²) in [5.74, 6) is 0. The molecule has 4 heteroatoms. The summed E-state index contributed by atoms with van der Waals surface area (Å²) in [6, 6.07) is 77.1. The highest BCUT2D eigenvalue weighted by Crippen LogP contribution is 2.46. The Morgan fingerprint density at radius 3 is 1.76 bits per heavy atom. The van der Waals surface area contributed by atoms with Gasteiger partial charge < -0.3 is 9.47 Å². The summed E-state index contributed by atoms with van der Waals surface area (Å²) in [7, 11) is 0. The Bertz CT molecular complexity index is 3310. The van der Waals surface area contributed by atoms with Crippen molar-refractivity contribution in [1.29, 1.82) is 0 Å². The Morgan fingerprint density at radius 1 is 0.397 bits per heavy atom. The van der Waals surface area contributed by atoms with Crippen molar-refractivity contribution in [2.45, 2.75) is 0 Å². The van der Waals surface area contributed by atoms with Gasteiger partial charge in [-0.15, -0.1) is 11.3 Å². The van der Waals surface area contributed by atoms with Crippen LogP contribution in [0.25, 0.3) is 81.0 Å². The Kier molecular flexibility index (Phi) is 8.53. The van der Waals surface area contributed by atoms with Crippen LogP contribution < -0.4 is 4.90 Å². The maximum atomic E-state index is 3.82. The number of thiophene rings is 1. The molecule has 0 N–H and O–H groups in total. The van der Waals surface area contributed by atoms with Crippen LogP contribution in [0.4, 0.5) is 17.1 Å². The minimum Gasteiger partial charge on any atom is -0.310 e. The Morgan fingerprint density at radius 2 is 1.00 bits per heavy atom. The summed E-state index contributed by atoms with van der Waals surface area (Å²) < 4.78 is 6.16. The van der Waals surface area contributed by atoms with Crippen LogP contribution in [-0.4, -0.2) is 4.57 Å². The Hall–Kier alpha value is -6.72. The van der Waals surface area contributed by atoms with Crippen LogP contribution in [0.1, 0.15) is 0 Å². The number of hydrogen-bond donors (Lipinski definition) is 0. The number of aromatic nitrogens is 1. The molecule has 0 aliphatic carbocycles. The lowest BCUT2D eigenvalue weighted by molar-refractivity contribution is 1.19. The van der Waals surface area contributed by atoms with Crippen molar-refractivity contribution < 1.29 is 0 Å². The minimum atomic E-state index is 1.07. The zero-order valence-corrected chi connectivity index (χ0v) is 33.8. The SMILES string of the molecule is Brc1ccccc1-c1cccc(N(c2cccc(-c3ccccc3)c2)c2ccc3c(c2)c2ccc4sc5ccccc5c4c2n3-c2cccc(-c3ccccc3)c2)c1. The third-order valence-corrected chi connectivity index (χ3v) is 13.0. The molecule has 0 saturated carbocycles. The quantitative estimate of drug-likeness (QED) is 0.155. The highest BCUT2D eigenvalue weighted by Gasteiger charge is 2.21. The highest BCUT2D eigenvalue weighted by molar-refractivity contribution is 9.10. The van der Waals surface area contributed by atoms with Gasteiger partial charge in [0.25, 0.3) is 0 Å². The summed E-state index contributed by atoms with van der Waals surface area (Å²) >= 11 is 5.69. The number of fused-ring (bicyclic) bond motifs is 7. The largest absolute Gasteiger partial charge is 0.310 e. The third-order valence-electron chi connectivity index (χ3n) is 11.2. The van der Waals surface area contributed by atoms with Crippen LogP contribution in [0.3, 0.4) is 0 Å². The molecule has 11 rings (SSSR count). The van der Waals surface area contributed by atoms with E-state index in [1.807, 2.05) is 11.3 Å². The van der Waals surface area contributed by atoms with Crippen LogP contribution >= 0.6 is 27.3 Å². The second kappa shape index (κ2) is 14.3. The smallest absolute Gasteiger partial charge is 0.0634 e. The topological polar surface area (TPSA) is 8.17 Å². The van der Waals surface area contributed by atoms with Gasteiger partial charge in [-0.25, -0.2) is 0 Å². The van der Waals surface area contributed by atoms with Gasteiger partial charge in [0.05, 0.1) is 11.0 Å². The van der Waals surface area contributed by atoms with Gasteiger partial charge in [-0.2, -0.15) is 0 Å². The molecule has 0 spiro atoms. The second-order valence-electron chi connectivity index (χ2n) is 14.7. The molecule has 0 unspecified atom stereocenters. The molecule has 0 bridgehead atoms. The van der Waals surface area contributed by atoms with Gasteiger partial charge in [0, 0.05) is 58.2 Å². The van der Waals surface area contributed by atoms with Gasteiger partial charge in [-0.05, 0) is 106 Å². The molecule has 0 aliphatic heterocycles. The molecular weight excluding hydrogens is 789 g/mol. The molecule has 2 aromatic heterocycles. The van der Waals surface area contributed by atoms with E-state index in [9.17, 15) is 0 Å². The van der Waals surface area contributed by atoms with Crippen molar-refractivity contribution in [2.75, 3.05) is 4.90 Å². The van der Waals surface area contributed by atoms with E-state index in [1.165, 1.54) is 64.2 Å². The monoisotopic (exact) mass is 822 g/mol. The molecule has 0 amide bonds. The molecule has 9 aromatic carbocycles. The summed E-state index contributed by atoms with van der Waals surface area (Å²) in [5.41, 5.74) is 13.9. The average Bonchev–Trinajstić information content (AvgIpc) is 3.83. The molecule has 11 aromatic rings. The zero-order chi connectivity index (χ0) is 38.6. The fraction of sp³-hybridized carbons (Fsp3) is 0. The van der Waals surface area contributed by atoms with Gasteiger partial charge in [0.1, 0.15) is 0 Å². The fourth-order valence-corrected chi connectivity index (χ4v) is 10.2. The van der Waals surface area contributed by atoms with Crippen molar-refractivity contribution >= 4 is 86.3 Å². The predicted octanol–water partition coefficient (Wildman–Crippen LogP) is 16.4. The molecule has 0 aliphatic rings. The van der Waals surface area contributed by atoms with Crippen LogP contribution in [0.5, 0.6) is 0 Å². The molecule has 2 nitrogen and oxygen atoms in total. The van der Waals surface area contributed by atoms with Crippen LogP contribution in [-0.2, 0) is 0 Å². The number of hydrogen-bond acceptors (Lipinski definition) is 2. The second-order valence-corrected chi connectivity index (χ2v) is 16.6. The van der Waals surface area contributed by atoms with Gasteiger partial charge in [-0.3, -0.25) is 0 Å². The minimum absolute atomic E-state index is 1.07. The number of rotatable bonds is 7. The predicted molar refractivity (Wildman–Crippen MR) is 252 cm³/mol. The number of nitrogens with zero attached hydrogens (tertiary/aromatic N) is 2. The molecule has 0 radical (unpaired) electrons. The van der Waals surface area contributed by atoms with Crippen LogP contribution in [0, 0.1) is 0 Å². The van der Waals surface area contributed by atoms with E-state index in [2.05, 4.69) is 238 Å². The standard InChI is InChI=1S/C54H35BrN2S/c55-49-26-9-7-24-45(49)40-20-13-22-42(34-40)56(41-21-11-18-38(32-41)36-14-3-1-4-15-36)44-28-30-50-48(35-44)46-29-31-52-53(47-25-8-10-27-51(47)58-52)54(46)57(50)43-23-12-19-39(33-43)37-16-5-2-6-17-37/h1-35H. The zero-order valence-electron chi connectivity index (χ0n) is 31.4. The van der Waals surface area contributed by atoms with Crippen molar-refractivity contribution in [2.24, 2.45) is 0 Å². The molecule has 2 heterocycles. The number of benzene rings is 9. The van der Waals surface area contributed by atoms with Crippen molar-refractivity contribution in [3.05, 3.63) is 217 Å².